The van der Waals surface area contributed by atoms with Crippen LogP contribution in [0.3, 0.4) is 0 Å². The van der Waals surface area contributed by atoms with Crippen LogP contribution >= 0.6 is 0 Å². The lowest BCUT2D eigenvalue weighted by Gasteiger charge is -2.22. The van der Waals surface area contributed by atoms with E-state index in [2.05, 4.69) is 4.74 Å². The zero-order chi connectivity index (χ0) is 17.5. The average molecular weight is 334 g/mol. The number of carboxylic acids is 1. The Kier molecular flexibility index (Phi) is 4.55. The van der Waals surface area contributed by atoms with Crippen molar-refractivity contribution in [1.82, 2.24) is 0 Å². The molecule has 1 fully saturated rings. The predicted molar refractivity (Wildman–Crippen MR) is 59.5 cm³/mol. The molecule has 126 valence electrons. The third-order valence-corrected chi connectivity index (χ3v) is 3.44. The number of halogens is 6. The first-order valence-electron chi connectivity index (χ1n) is 5.94. The van der Waals surface area contributed by atoms with Gasteiger partial charge >= 0.3 is 24.3 Å². The van der Waals surface area contributed by atoms with Crippen molar-refractivity contribution in [3.8, 4) is 0 Å². The van der Waals surface area contributed by atoms with E-state index in [0.29, 0.717) is 6.08 Å². The molecule has 22 heavy (non-hydrogen) atoms. The highest BCUT2D eigenvalue weighted by molar-refractivity contribution is 5.83. The quantitative estimate of drug-likeness (QED) is 0.488. The maximum atomic E-state index is 12.2. The highest BCUT2D eigenvalue weighted by Crippen LogP contribution is 2.59. The first-order valence-corrected chi connectivity index (χ1v) is 5.94. The number of hydrogen-bond donors (Lipinski definition) is 1. The van der Waals surface area contributed by atoms with E-state index < -0.39 is 47.6 Å². The van der Waals surface area contributed by atoms with Gasteiger partial charge in [0.1, 0.15) is 0 Å². The van der Waals surface area contributed by atoms with Gasteiger partial charge < -0.3 is 9.84 Å². The number of aliphatic carboxylic acids is 1. The second-order valence-corrected chi connectivity index (χ2v) is 5.42. The van der Waals surface area contributed by atoms with E-state index in [0.717, 1.165) is 6.08 Å². The Morgan fingerprint density at radius 1 is 1.14 bits per heavy atom. The SMILES string of the molecule is CC1(C)C(/C=C\C(=O)OC(C(F)(F)F)C(F)(F)F)C1C(=O)O. The van der Waals surface area contributed by atoms with Gasteiger partial charge in [0.25, 0.3) is 6.10 Å². The summed E-state index contributed by atoms with van der Waals surface area (Å²) >= 11 is 0. The lowest BCUT2D eigenvalue weighted by atomic mass is 10.1. The van der Waals surface area contributed by atoms with E-state index >= 15 is 0 Å². The number of esters is 1. The number of carbonyl (C=O) groups excluding carboxylic acids is 1. The topological polar surface area (TPSA) is 63.6 Å². The van der Waals surface area contributed by atoms with Crippen molar-refractivity contribution in [3.63, 3.8) is 0 Å². The number of ether oxygens (including phenoxy) is 1. The summed E-state index contributed by atoms with van der Waals surface area (Å²) in [6.07, 6.45) is -14.5. The zero-order valence-corrected chi connectivity index (χ0v) is 11.3. The van der Waals surface area contributed by atoms with Gasteiger partial charge in [0, 0.05) is 6.08 Å². The van der Waals surface area contributed by atoms with Crippen LogP contribution in [0.4, 0.5) is 26.3 Å². The molecular formula is C12H12F6O4. The van der Waals surface area contributed by atoms with Crippen molar-refractivity contribution in [2.24, 2.45) is 17.3 Å². The lowest BCUT2D eigenvalue weighted by molar-refractivity contribution is -0.312. The molecule has 1 aliphatic carbocycles. The van der Waals surface area contributed by atoms with E-state index in [4.69, 9.17) is 5.11 Å². The third-order valence-electron chi connectivity index (χ3n) is 3.44. The number of rotatable bonds is 4. The summed E-state index contributed by atoms with van der Waals surface area (Å²) in [5.74, 6) is -4.55. The van der Waals surface area contributed by atoms with Gasteiger partial charge in [-0.1, -0.05) is 19.9 Å². The number of allylic oxidation sites excluding steroid dienone is 1. The van der Waals surface area contributed by atoms with Gasteiger partial charge in [0.15, 0.2) is 0 Å². The van der Waals surface area contributed by atoms with Crippen molar-refractivity contribution in [3.05, 3.63) is 12.2 Å². The Hall–Kier alpha value is -1.74. The smallest absolute Gasteiger partial charge is 0.434 e. The summed E-state index contributed by atoms with van der Waals surface area (Å²) in [6, 6.07) is 0. The Bertz CT molecular complexity index is 477. The molecule has 0 aliphatic heterocycles. The molecule has 4 nitrogen and oxygen atoms in total. The van der Waals surface area contributed by atoms with E-state index in [9.17, 15) is 35.9 Å². The van der Waals surface area contributed by atoms with E-state index in [1.807, 2.05) is 0 Å². The number of carbonyl (C=O) groups is 2. The summed E-state index contributed by atoms with van der Waals surface area (Å²) in [5.41, 5.74) is -0.740. The summed E-state index contributed by atoms with van der Waals surface area (Å²) in [5, 5.41) is 8.84. The van der Waals surface area contributed by atoms with Gasteiger partial charge in [0.05, 0.1) is 5.92 Å². The lowest BCUT2D eigenvalue weighted by Crippen LogP contribution is -2.45. The maximum Gasteiger partial charge on any atom is 0.434 e. The molecule has 1 saturated carbocycles. The number of carboxylic acid groups (broad SMARTS) is 1. The van der Waals surface area contributed by atoms with Crippen LogP contribution in [0.15, 0.2) is 12.2 Å². The molecular weight excluding hydrogens is 322 g/mol. The normalized spacial score (nSPS) is 24.6. The Morgan fingerprint density at radius 3 is 1.91 bits per heavy atom. The van der Waals surface area contributed by atoms with Gasteiger partial charge in [-0.05, 0) is 11.3 Å². The molecule has 0 aromatic carbocycles. The average Bonchev–Trinajstić information content (AvgIpc) is 2.82. The fourth-order valence-corrected chi connectivity index (χ4v) is 2.17. The molecule has 0 saturated heterocycles. The Labute approximate surface area is 120 Å². The first-order chi connectivity index (χ1) is 9.69. The highest BCUT2D eigenvalue weighted by Gasteiger charge is 2.61. The van der Waals surface area contributed by atoms with Crippen LogP contribution in [-0.4, -0.2) is 35.5 Å². The van der Waals surface area contributed by atoms with Crippen molar-refractivity contribution >= 4 is 11.9 Å². The molecule has 1 N–H and O–H groups in total. The molecule has 0 aromatic heterocycles. The molecule has 0 bridgehead atoms. The molecule has 0 radical (unpaired) electrons. The van der Waals surface area contributed by atoms with E-state index in [1.54, 1.807) is 13.8 Å². The molecule has 1 rings (SSSR count). The maximum absolute atomic E-state index is 12.2. The molecule has 2 unspecified atom stereocenters. The standard InChI is InChI=1S/C12H12F6O4/c1-10(2)5(7(10)8(20)21)3-4-6(19)22-9(11(13,14)15)12(16,17)18/h3-5,7,9H,1-2H3,(H,20,21)/b4-3-. The fourth-order valence-electron chi connectivity index (χ4n) is 2.17. The van der Waals surface area contributed by atoms with Crippen LogP contribution in [0.1, 0.15) is 13.8 Å². The second-order valence-electron chi connectivity index (χ2n) is 5.42. The molecule has 0 heterocycles. The zero-order valence-electron chi connectivity index (χ0n) is 11.3. The summed E-state index contributed by atoms with van der Waals surface area (Å²) < 4.78 is 76.5. The summed E-state index contributed by atoms with van der Waals surface area (Å²) in [7, 11) is 0. The van der Waals surface area contributed by atoms with Gasteiger partial charge in [-0.3, -0.25) is 4.79 Å². The predicted octanol–water partition coefficient (Wildman–Crippen LogP) is 2.94. The van der Waals surface area contributed by atoms with Crippen LogP contribution < -0.4 is 0 Å². The highest BCUT2D eigenvalue weighted by atomic mass is 19.4. The summed E-state index contributed by atoms with van der Waals surface area (Å²) in [6.45, 7) is 3.08. The molecule has 0 aromatic rings. The second kappa shape index (κ2) is 5.47. The molecule has 2 atom stereocenters. The van der Waals surface area contributed by atoms with Gasteiger partial charge in [-0.15, -0.1) is 0 Å². The minimum atomic E-state index is -5.79. The minimum Gasteiger partial charge on any atom is -0.481 e. The molecule has 10 heteroatoms. The molecule has 1 aliphatic rings. The van der Waals surface area contributed by atoms with Crippen LogP contribution in [0.2, 0.25) is 0 Å². The van der Waals surface area contributed by atoms with Crippen LogP contribution in [0.5, 0.6) is 0 Å². The van der Waals surface area contributed by atoms with Crippen molar-refractivity contribution < 1.29 is 45.8 Å². The van der Waals surface area contributed by atoms with Crippen molar-refractivity contribution in [2.75, 3.05) is 0 Å². The van der Waals surface area contributed by atoms with Gasteiger partial charge in [-0.25, -0.2) is 4.79 Å². The third kappa shape index (κ3) is 3.92. The summed E-state index contributed by atoms with van der Waals surface area (Å²) in [4.78, 5) is 21.9. The number of hydrogen-bond acceptors (Lipinski definition) is 3. The van der Waals surface area contributed by atoms with Gasteiger partial charge in [-0.2, -0.15) is 26.3 Å². The largest absolute Gasteiger partial charge is 0.481 e. The number of alkyl halides is 6. The van der Waals surface area contributed by atoms with Crippen LogP contribution in [0, 0.1) is 17.3 Å². The Balaban J connectivity index is 2.74. The van der Waals surface area contributed by atoms with Crippen LogP contribution in [-0.2, 0) is 14.3 Å². The molecule has 0 amide bonds. The monoisotopic (exact) mass is 334 g/mol. The van der Waals surface area contributed by atoms with Crippen molar-refractivity contribution in [2.45, 2.75) is 32.3 Å². The van der Waals surface area contributed by atoms with E-state index in [1.165, 1.54) is 0 Å². The minimum absolute atomic E-state index is 0.389. The molecule has 0 spiro atoms. The van der Waals surface area contributed by atoms with Crippen molar-refractivity contribution in [1.29, 1.82) is 0 Å². The van der Waals surface area contributed by atoms with Gasteiger partial charge in [0.2, 0.25) is 0 Å². The first kappa shape index (κ1) is 18.3. The van der Waals surface area contributed by atoms with Crippen LogP contribution in [0.25, 0.3) is 0 Å². The Morgan fingerprint density at radius 2 is 1.59 bits per heavy atom. The van der Waals surface area contributed by atoms with E-state index in [-0.39, 0.29) is 0 Å². The fraction of sp³-hybridized carbons (Fsp3) is 0.667.